The quantitative estimate of drug-likeness (QED) is 0.796. The number of carbonyl (C=O) groups excluding carboxylic acids is 1. The van der Waals surface area contributed by atoms with Crippen molar-refractivity contribution in [3.8, 4) is 5.75 Å². The molecule has 0 radical (unpaired) electrons. The van der Waals surface area contributed by atoms with Gasteiger partial charge in [0.2, 0.25) is 0 Å². The van der Waals surface area contributed by atoms with Gasteiger partial charge >= 0.3 is 6.61 Å². The Morgan fingerprint density at radius 2 is 2.06 bits per heavy atom. The predicted molar refractivity (Wildman–Crippen MR) is 55.4 cm³/mol. The van der Waals surface area contributed by atoms with E-state index in [9.17, 15) is 18.0 Å². The monoisotopic (exact) mass is 296 g/mol. The summed E-state index contributed by atoms with van der Waals surface area (Å²) in [7, 11) is 0. The third-order valence-corrected chi connectivity index (χ3v) is 2.96. The lowest BCUT2D eigenvalue weighted by molar-refractivity contribution is -0.116. The smallest absolute Gasteiger partial charge is 0.387 e. The molecule has 0 saturated carbocycles. The highest BCUT2D eigenvalue weighted by atomic mass is 79.9. The summed E-state index contributed by atoms with van der Waals surface area (Å²) in [4.78, 5) is 10.2. The molecule has 0 N–H and O–H groups in total. The largest absolute Gasteiger partial charge is 0.435 e. The summed E-state index contributed by atoms with van der Waals surface area (Å²) < 4.78 is 41.2. The average molecular weight is 297 g/mol. The summed E-state index contributed by atoms with van der Waals surface area (Å²) in [6.45, 7) is -1.72. The second-order valence-corrected chi connectivity index (χ2v) is 3.95. The van der Waals surface area contributed by atoms with Crippen LogP contribution in [0.5, 0.6) is 5.75 Å². The van der Waals surface area contributed by atoms with Crippen LogP contribution in [0.1, 0.15) is 17.3 Å². The summed E-state index contributed by atoms with van der Waals surface area (Å²) in [5, 5.41) is 0. The van der Waals surface area contributed by atoms with Gasteiger partial charge in [0, 0.05) is 5.56 Å². The molecule has 0 aliphatic rings. The zero-order valence-corrected chi connectivity index (χ0v) is 9.80. The Labute approximate surface area is 98.5 Å². The fraction of sp³-hybridized carbons (Fsp3) is 0.300. The molecule has 88 valence electrons. The molecule has 0 fully saturated rings. The number of hydrogen-bond donors (Lipinski definition) is 0. The number of halogens is 4. The molecule has 0 spiro atoms. The van der Waals surface area contributed by atoms with E-state index in [0.29, 0.717) is 0 Å². The van der Waals surface area contributed by atoms with E-state index in [1.165, 1.54) is 6.92 Å². The maximum Gasteiger partial charge on any atom is 0.387 e. The van der Waals surface area contributed by atoms with Crippen LogP contribution < -0.4 is 4.74 Å². The Morgan fingerprint density at radius 1 is 1.44 bits per heavy atom. The van der Waals surface area contributed by atoms with Crippen molar-refractivity contribution >= 4 is 21.7 Å². The molecule has 6 heteroatoms. The minimum Gasteiger partial charge on any atom is -0.435 e. The van der Waals surface area contributed by atoms with Crippen molar-refractivity contribution in [3.63, 3.8) is 0 Å². The van der Waals surface area contributed by atoms with Crippen molar-refractivity contribution in [2.75, 3.05) is 0 Å². The first-order valence-corrected chi connectivity index (χ1v) is 5.22. The zero-order chi connectivity index (χ0) is 12.3. The van der Waals surface area contributed by atoms with E-state index in [1.807, 2.05) is 0 Å². The van der Waals surface area contributed by atoms with Crippen LogP contribution in [0.4, 0.5) is 13.2 Å². The van der Waals surface area contributed by atoms with Gasteiger partial charge in [-0.25, -0.2) is 4.39 Å². The Bertz CT molecular complexity index is 396. The topological polar surface area (TPSA) is 26.3 Å². The van der Waals surface area contributed by atoms with Gasteiger partial charge in [0.1, 0.15) is 22.2 Å². The molecular formula is C10H8BrF3O2. The van der Waals surface area contributed by atoms with Crippen molar-refractivity contribution in [2.24, 2.45) is 0 Å². The summed E-state index contributed by atoms with van der Waals surface area (Å²) >= 11 is 2.97. The van der Waals surface area contributed by atoms with Gasteiger partial charge in [0.25, 0.3) is 0 Å². The number of hydrogen-bond acceptors (Lipinski definition) is 2. The molecule has 0 aromatic heterocycles. The molecule has 1 atom stereocenters. The molecule has 1 aromatic rings. The molecule has 0 aliphatic carbocycles. The minimum atomic E-state index is -2.98. The molecule has 0 heterocycles. The molecule has 0 aliphatic heterocycles. The zero-order valence-electron chi connectivity index (χ0n) is 8.22. The first-order valence-electron chi connectivity index (χ1n) is 4.30. The first kappa shape index (κ1) is 13.0. The minimum absolute atomic E-state index is 0.0225. The second-order valence-electron chi connectivity index (χ2n) is 3.04. The van der Waals surface area contributed by atoms with Crippen LogP contribution in [0.15, 0.2) is 18.2 Å². The lowest BCUT2D eigenvalue weighted by Crippen LogP contribution is -2.06. The molecule has 0 bridgehead atoms. The summed E-state index contributed by atoms with van der Waals surface area (Å²) in [6, 6.07) is 3.12. The Hall–Kier alpha value is -1.04. The van der Waals surface area contributed by atoms with Gasteiger partial charge < -0.3 is 4.74 Å². The van der Waals surface area contributed by atoms with E-state index in [-0.39, 0.29) is 17.1 Å². The van der Waals surface area contributed by atoms with Crippen LogP contribution in [0.25, 0.3) is 0 Å². The van der Waals surface area contributed by atoms with E-state index in [4.69, 9.17) is 0 Å². The van der Waals surface area contributed by atoms with Crippen LogP contribution in [-0.4, -0.2) is 12.4 Å². The second kappa shape index (κ2) is 5.34. The van der Waals surface area contributed by atoms with E-state index in [0.717, 1.165) is 18.2 Å². The molecular weight excluding hydrogens is 289 g/mol. The summed E-state index contributed by atoms with van der Waals surface area (Å²) in [5.74, 6) is -1.16. The fourth-order valence-electron chi connectivity index (χ4n) is 1.11. The Morgan fingerprint density at radius 3 is 2.56 bits per heavy atom. The number of benzene rings is 1. The van der Waals surface area contributed by atoms with Crippen molar-refractivity contribution in [2.45, 2.75) is 18.4 Å². The lowest BCUT2D eigenvalue weighted by Gasteiger charge is -2.10. The first-order chi connectivity index (χ1) is 7.41. The van der Waals surface area contributed by atoms with Crippen molar-refractivity contribution < 1.29 is 22.7 Å². The number of ether oxygens (including phenoxy) is 1. The van der Waals surface area contributed by atoms with Crippen LogP contribution >= 0.6 is 15.9 Å². The maximum atomic E-state index is 13.3. The molecule has 0 saturated heterocycles. The molecule has 1 aromatic carbocycles. The van der Waals surface area contributed by atoms with Gasteiger partial charge in [-0.15, -0.1) is 0 Å². The van der Waals surface area contributed by atoms with Crippen LogP contribution in [-0.2, 0) is 4.79 Å². The van der Waals surface area contributed by atoms with Gasteiger partial charge in [0.15, 0.2) is 0 Å². The van der Waals surface area contributed by atoms with Gasteiger partial charge in [-0.2, -0.15) is 8.78 Å². The maximum absolute atomic E-state index is 13.3. The average Bonchev–Trinajstić information content (AvgIpc) is 2.19. The van der Waals surface area contributed by atoms with Gasteiger partial charge in [-0.3, -0.25) is 4.79 Å². The van der Waals surface area contributed by atoms with E-state index < -0.39 is 17.3 Å². The predicted octanol–water partition coefficient (Wildman–Crippen LogP) is 3.45. The number of ketones is 1. The van der Waals surface area contributed by atoms with E-state index >= 15 is 0 Å². The highest BCUT2D eigenvalue weighted by molar-refractivity contribution is 9.09. The summed E-state index contributed by atoms with van der Waals surface area (Å²) in [6.07, 6.45) is 0. The number of alkyl halides is 3. The number of rotatable bonds is 4. The third-order valence-electron chi connectivity index (χ3n) is 1.82. The van der Waals surface area contributed by atoms with E-state index in [1.54, 1.807) is 0 Å². The van der Waals surface area contributed by atoms with E-state index in [2.05, 4.69) is 20.7 Å². The van der Waals surface area contributed by atoms with Gasteiger partial charge in [0.05, 0.1) is 0 Å². The lowest BCUT2D eigenvalue weighted by atomic mass is 10.1. The van der Waals surface area contributed by atoms with Crippen LogP contribution in [0.2, 0.25) is 0 Å². The molecule has 1 rings (SSSR count). The molecule has 2 nitrogen and oxygen atoms in total. The molecule has 1 unspecified atom stereocenters. The highest BCUT2D eigenvalue weighted by Crippen LogP contribution is 2.29. The fourth-order valence-corrected chi connectivity index (χ4v) is 1.46. The van der Waals surface area contributed by atoms with Gasteiger partial charge in [-0.05, 0) is 25.1 Å². The van der Waals surface area contributed by atoms with Crippen LogP contribution in [0, 0.1) is 5.82 Å². The molecule has 0 amide bonds. The van der Waals surface area contributed by atoms with Crippen molar-refractivity contribution in [1.82, 2.24) is 0 Å². The SMILES string of the molecule is CC(=O)C(Br)c1cc(OC(F)F)ccc1F. The van der Waals surface area contributed by atoms with Gasteiger partial charge in [-0.1, -0.05) is 15.9 Å². The normalized spacial score (nSPS) is 12.6. The standard InChI is InChI=1S/C10H8BrF3O2/c1-5(15)9(11)7-4-6(16-10(13)14)2-3-8(7)12/h2-4,9-10H,1H3. The Kier molecular flexibility index (Phi) is 4.35. The van der Waals surface area contributed by atoms with Crippen molar-refractivity contribution in [1.29, 1.82) is 0 Å². The third kappa shape index (κ3) is 3.23. The van der Waals surface area contributed by atoms with Crippen molar-refractivity contribution in [3.05, 3.63) is 29.6 Å². The highest BCUT2D eigenvalue weighted by Gasteiger charge is 2.18. The Balaban J connectivity index is 3.03. The number of carbonyl (C=O) groups is 1. The van der Waals surface area contributed by atoms with Crippen LogP contribution in [0.3, 0.4) is 0 Å². The molecule has 16 heavy (non-hydrogen) atoms. The number of Topliss-reactive ketones (excluding diaryl/α,β-unsaturated/α-hetero) is 1. The summed E-state index contributed by atoms with van der Waals surface area (Å²) in [5.41, 5.74) is -0.0225.